The standard InChI is InChI=1S/C11H13NO5S/c1-7(5-13)6-18-10-4-8(12(16)17)2-3-9(10)11(14)15/h2-4,7,13H,5-6H2,1H3,(H,14,15). The van der Waals surface area contributed by atoms with E-state index in [1.54, 1.807) is 0 Å². The third-order valence-electron chi connectivity index (χ3n) is 2.24. The second-order valence-corrected chi connectivity index (χ2v) is 4.90. The summed E-state index contributed by atoms with van der Waals surface area (Å²) in [6.45, 7) is 1.80. The highest BCUT2D eigenvalue weighted by Gasteiger charge is 2.16. The van der Waals surface area contributed by atoms with Crippen LogP contribution in [0.2, 0.25) is 0 Å². The van der Waals surface area contributed by atoms with Gasteiger partial charge in [0, 0.05) is 29.4 Å². The van der Waals surface area contributed by atoms with Gasteiger partial charge in [-0.1, -0.05) is 6.92 Å². The number of hydrogen-bond acceptors (Lipinski definition) is 5. The molecule has 0 spiro atoms. The number of nitrogens with zero attached hydrogens (tertiary/aromatic N) is 1. The number of rotatable bonds is 6. The molecular weight excluding hydrogens is 258 g/mol. The highest BCUT2D eigenvalue weighted by molar-refractivity contribution is 7.99. The molecule has 1 aromatic carbocycles. The molecule has 1 atom stereocenters. The van der Waals surface area contributed by atoms with Gasteiger partial charge in [0.05, 0.1) is 10.5 Å². The van der Waals surface area contributed by atoms with Gasteiger partial charge < -0.3 is 10.2 Å². The fourth-order valence-electron chi connectivity index (χ4n) is 1.21. The summed E-state index contributed by atoms with van der Waals surface area (Å²) >= 11 is 1.19. The number of aliphatic hydroxyl groups is 1. The minimum atomic E-state index is -1.12. The molecule has 0 aliphatic heterocycles. The Bertz CT molecular complexity index is 463. The number of aromatic carboxylic acids is 1. The first-order chi connectivity index (χ1) is 8.45. The Morgan fingerprint density at radius 1 is 1.56 bits per heavy atom. The molecule has 0 heterocycles. The molecule has 0 fully saturated rings. The lowest BCUT2D eigenvalue weighted by atomic mass is 10.2. The van der Waals surface area contributed by atoms with Gasteiger partial charge in [-0.3, -0.25) is 10.1 Å². The van der Waals surface area contributed by atoms with E-state index in [4.69, 9.17) is 10.2 Å². The van der Waals surface area contributed by atoms with Crippen molar-refractivity contribution in [1.29, 1.82) is 0 Å². The first-order valence-corrected chi connectivity index (χ1v) is 6.19. The van der Waals surface area contributed by atoms with E-state index in [-0.39, 0.29) is 23.8 Å². The van der Waals surface area contributed by atoms with Crippen LogP contribution in [0.5, 0.6) is 0 Å². The smallest absolute Gasteiger partial charge is 0.336 e. The van der Waals surface area contributed by atoms with Crippen LogP contribution >= 0.6 is 11.8 Å². The van der Waals surface area contributed by atoms with Crippen LogP contribution in [0.4, 0.5) is 5.69 Å². The summed E-state index contributed by atoms with van der Waals surface area (Å²) in [7, 11) is 0. The van der Waals surface area contributed by atoms with Gasteiger partial charge in [-0.2, -0.15) is 0 Å². The lowest BCUT2D eigenvalue weighted by Gasteiger charge is -2.09. The van der Waals surface area contributed by atoms with Crippen LogP contribution in [0, 0.1) is 16.0 Å². The van der Waals surface area contributed by atoms with Crippen molar-refractivity contribution in [2.45, 2.75) is 11.8 Å². The van der Waals surface area contributed by atoms with Crippen LogP contribution in [-0.2, 0) is 0 Å². The molecule has 0 saturated carbocycles. The predicted octanol–water partition coefficient (Wildman–Crippen LogP) is 2.01. The van der Waals surface area contributed by atoms with Gasteiger partial charge in [0.25, 0.3) is 5.69 Å². The van der Waals surface area contributed by atoms with E-state index in [0.29, 0.717) is 10.6 Å². The molecule has 7 heteroatoms. The van der Waals surface area contributed by atoms with Crippen LogP contribution in [0.3, 0.4) is 0 Å². The maximum Gasteiger partial charge on any atom is 0.336 e. The van der Waals surface area contributed by atoms with Gasteiger partial charge in [-0.25, -0.2) is 4.79 Å². The molecular formula is C11H13NO5S. The largest absolute Gasteiger partial charge is 0.478 e. The van der Waals surface area contributed by atoms with Crippen molar-refractivity contribution in [3.63, 3.8) is 0 Å². The molecule has 0 radical (unpaired) electrons. The minimum absolute atomic E-state index is 0.00379. The zero-order chi connectivity index (χ0) is 13.7. The van der Waals surface area contributed by atoms with Gasteiger partial charge >= 0.3 is 5.97 Å². The number of aliphatic hydroxyl groups excluding tert-OH is 1. The van der Waals surface area contributed by atoms with Crippen LogP contribution in [-0.4, -0.2) is 33.5 Å². The van der Waals surface area contributed by atoms with E-state index >= 15 is 0 Å². The van der Waals surface area contributed by atoms with Crippen LogP contribution in [0.1, 0.15) is 17.3 Å². The normalized spacial score (nSPS) is 12.1. The van der Waals surface area contributed by atoms with Crippen LogP contribution in [0.15, 0.2) is 23.1 Å². The van der Waals surface area contributed by atoms with E-state index in [2.05, 4.69) is 0 Å². The number of non-ortho nitro benzene ring substituents is 1. The maximum absolute atomic E-state index is 11.0. The first kappa shape index (κ1) is 14.5. The molecule has 0 saturated heterocycles. The van der Waals surface area contributed by atoms with Gasteiger partial charge in [-0.05, 0) is 12.0 Å². The van der Waals surface area contributed by atoms with Gasteiger partial charge in [0.15, 0.2) is 0 Å². The quantitative estimate of drug-likeness (QED) is 0.466. The third kappa shape index (κ3) is 3.71. The van der Waals surface area contributed by atoms with Crippen molar-refractivity contribution < 1.29 is 19.9 Å². The number of benzene rings is 1. The molecule has 0 aliphatic carbocycles. The maximum atomic E-state index is 11.0. The Hall–Kier alpha value is -1.60. The SMILES string of the molecule is CC(CO)CSc1cc([N+](=O)[O-])ccc1C(=O)O. The summed E-state index contributed by atoms with van der Waals surface area (Å²) in [6.07, 6.45) is 0. The van der Waals surface area contributed by atoms with Crippen molar-refractivity contribution in [2.75, 3.05) is 12.4 Å². The van der Waals surface area contributed by atoms with E-state index in [1.807, 2.05) is 6.92 Å². The molecule has 18 heavy (non-hydrogen) atoms. The van der Waals surface area contributed by atoms with Crippen molar-refractivity contribution in [1.82, 2.24) is 0 Å². The van der Waals surface area contributed by atoms with E-state index in [0.717, 1.165) is 0 Å². The van der Waals surface area contributed by atoms with Crippen LogP contribution in [0.25, 0.3) is 0 Å². The highest BCUT2D eigenvalue weighted by Crippen LogP contribution is 2.28. The topological polar surface area (TPSA) is 101 Å². The third-order valence-corrected chi connectivity index (χ3v) is 3.63. The molecule has 98 valence electrons. The number of nitro benzene ring substituents is 1. The van der Waals surface area contributed by atoms with E-state index < -0.39 is 10.9 Å². The molecule has 0 aliphatic rings. The van der Waals surface area contributed by atoms with Crippen molar-refractivity contribution in [2.24, 2.45) is 5.92 Å². The average molecular weight is 271 g/mol. The number of carboxylic acids is 1. The van der Waals surface area contributed by atoms with Crippen molar-refractivity contribution in [3.05, 3.63) is 33.9 Å². The summed E-state index contributed by atoms with van der Waals surface area (Å²) in [5.74, 6) is -0.627. The summed E-state index contributed by atoms with van der Waals surface area (Å²) < 4.78 is 0. The van der Waals surface area contributed by atoms with Gasteiger partial charge in [0.1, 0.15) is 0 Å². The lowest BCUT2D eigenvalue weighted by molar-refractivity contribution is -0.385. The number of nitro groups is 1. The first-order valence-electron chi connectivity index (χ1n) is 5.21. The fraction of sp³-hybridized carbons (Fsp3) is 0.364. The second kappa shape index (κ2) is 6.36. The Kier molecular flexibility index (Phi) is 5.11. The predicted molar refractivity (Wildman–Crippen MR) is 67.0 cm³/mol. The van der Waals surface area contributed by atoms with Crippen molar-refractivity contribution in [3.8, 4) is 0 Å². The lowest BCUT2D eigenvalue weighted by Crippen LogP contribution is -2.05. The Morgan fingerprint density at radius 3 is 2.72 bits per heavy atom. The molecule has 1 unspecified atom stereocenters. The monoisotopic (exact) mass is 271 g/mol. The van der Waals surface area contributed by atoms with Crippen molar-refractivity contribution >= 4 is 23.4 Å². The van der Waals surface area contributed by atoms with Gasteiger partial charge in [-0.15, -0.1) is 11.8 Å². The molecule has 0 aromatic heterocycles. The van der Waals surface area contributed by atoms with E-state index in [9.17, 15) is 14.9 Å². The van der Waals surface area contributed by atoms with Gasteiger partial charge in [0.2, 0.25) is 0 Å². The molecule has 0 bridgehead atoms. The van der Waals surface area contributed by atoms with Crippen LogP contribution < -0.4 is 0 Å². The molecule has 1 aromatic rings. The summed E-state index contributed by atoms with van der Waals surface area (Å²) in [5, 5.41) is 28.5. The molecule has 6 nitrogen and oxygen atoms in total. The van der Waals surface area contributed by atoms with E-state index in [1.165, 1.54) is 30.0 Å². The second-order valence-electron chi connectivity index (χ2n) is 3.84. The molecule has 2 N–H and O–H groups in total. The molecule has 0 amide bonds. The Labute approximate surface area is 108 Å². The Morgan fingerprint density at radius 2 is 2.22 bits per heavy atom. The minimum Gasteiger partial charge on any atom is -0.478 e. The fourth-order valence-corrected chi connectivity index (χ4v) is 2.29. The summed E-state index contributed by atoms with van der Waals surface area (Å²) in [4.78, 5) is 21.4. The Balaban J connectivity index is 3.00. The zero-order valence-electron chi connectivity index (χ0n) is 9.70. The molecule has 1 rings (SSSR count). The highest BCUT2D eigenvalue weighted by atomic mass is 32.2. The summed E-state index contributed by atoms with van der Waals surface area (Å²) in [6, 6.07) is 3.65. The number of thioether (sulfide) groups is 1. The number of carbonyl (C=O) groups is 1. The average Bonchev–Trinajstić information content (AvgIpc) is 2.35. The zero-order valence-corrected chi connectivity index (χ0v) is 10.5. The number of hydrogen-bond donors (Lipinski definition) is 2. The number of carboxylic acid groups (broad SMARTS) is 1. The summed E-state index contributed by atoms with van der Waals surface area (Å²) in [5.41, 5.74) is -0.102.